The maximum atomic E-state index is 12.1. The smallest absolute Gasteiger partial charge is 0.227 e. The minimum absolute atomic E-state index is 0.137. The molecule has 108 valence electrons. The van der Waals surface area contributed by atoms with E-state index in [9.17, 15) is 4.79 Å². The predicted octanol–water partition coefficient (Wildman–Crippen LogP) is 2.56. The predicted molar refractivity (Wildman–Crippen MR) is 78.9 cm³/mol. The van der Waals surface area contributed by atoms with Gasteiger partial charge in [0, 0.05) is 5.92 Å². The van der Waals surface area contributed by atoms with E-state index in [-0.39, 0.29) is 17.9 Å². The van der Waals surface area contributed by atoms with Crippen LogP contribution in [0.3, 0.4) is 0 Å². The number of benzene rings is 1. The van der Waals surface area contributed by atoms with Crippen molar-refractivity contribution < 1.29 is 9.53 Å². The molecule has 20 heavy (non-hydrogen) atoms. The number of carbonyl (C=O) groups is 1. The molecule has 0 bridgehead atoms. The van der Waals surface area contributed by atoms with E-state index in [0.29, 0.717) is 0 Å². The van der Waals surface area contributed by atoms with E-state index in [4.69, 9.17) is 4.74 Å². The molecular weight excluding hydrogens is 252 g/mol. The molecule has 2 aliphatic rings. The molecular formula is C16H22N2O2. The highest BCUT2D eigenvalue weighted by Gasteiger charge is 2.26. The Morgan fingerprint density at radius 1 is 1.15 bits per heavy atom. The van der Waals surface area contributed by atoms with Gasteiger partial charge in [-0.2, -0.15) is 0 Å². The number of nitrogens with one attached hydrogen (secondary N) is 2. The first-order valence-corrected chi connectivity index (χ1v) is 7.60. The van der Waals surface area contributed by atoms with Crippen molar-refractivity contribution >= 4 is 11.6 Å². The lowest BCUT2D eigenvalue weighted by atomic mass is 9.85. The molecule has 1 aromatic rings. The van der Waals surface area contributed by atoms with Gasteiger partial charge < -0.3 is 15.4 Å². The van der Waals surface area contributed by atoms with Crippen molar-refractivity contribution in [3.8, 4) is 5.75 Å². The first-order chi connectivity index (χ1) is 9.83. The molecule has 1 saturated carbocycles. The van der Waals surface area contributed by atoms with Crippen LogP contribution < -0.4 is 15.4 Å². The Bertz CT molecular complexity index is 465. The average Bonchev–Trinajstić information content (AvgIpc) is 2.40. The maximum Gasteiger partial charge on any atom is 0.227 e. The highest BCUT2D eigenvalue weighted by Crippen LogP contribution is 2.31. The van der Waals surface area contributed by atoms with Gasteiger partial charge in [0.25, 0.3) is 0 Å². The number of hydrogen-bond donors (Lipinski definition) is 2. The third kappa shape index (κ3) is 3.12. The second-order valence-corrected chi connectivity index (χ2v) is 5.68. The fourth-order valence-electron chi connectivity index (χ4n) is 2.67. The molecule has 1 amide bonds. The van der Waals surface area contributed by atoms with Gasteiger partial charge in [0.2, 0.25) is 5.91 Å². The molecule has 0 unspecified atom stereocenters. The van der Waals surface area contributed by atoms with Gasteiger partial charge in [0.15, 0.2) is 0 Å². The lowest BCUT2D eigenvalue weighted by Gasteiger charge is -2.27. The first-order valence-electron chi connectivity index (χ1n) is 7.60. The quantitative estimate of drug-likeness (QED) is 0.887. The van der Waals surface area contributed by atoms with Gasteiger partial charge in [-0.05, 0) is 50.9 Å². The summed E-state index contributed by atoms with van der Waals surface area (Å²) in [5.74, 6) is 1.13. The topological polar surface area (TPSA) is 50.4 Å². The Balaban J connectivity index is 1.65. The Morgan fingerprint density at radius 2 is 1.90 bits per heavy atom. The third-order valence-corrected chi connectivity index (χ3v) is 4.20. The molecule has 1 aliphatic heterocycles. The summed E-state index contributed by atoms with van der Waals surface area (Å²) in [5.41, 5.74) is 0.808. The van der Waals surface area contributed by atoms with Gasteiger partial charge >= 0.3 is 0 Å². The number of hydrogen-bond acceptors (Lipinski definition) is 3. The number of ether oxygens (including phenoxy) is 1. The number of para-hydroxylation sites is 2. The summed E-state index contributed by atoms with van der Waals surface area (Å²) in [7, 11) is 0. The minimum Gasteiger partial charge on any atom is -0.488 e. The summed E-state index contributed by atoms with van der Waals surface area (Å²) in [5, 5.41) is 6.35. The molecule has 0 spiro atoms. The van der Waals surface area contributed by atoms with Crippen LogP contribution in [0.5, 0.6) is 5.75 Å². The third-order valence-electron chi connectivity index (χ3n) is 4.20. The highest BCUT2D eigenvalue weighted by atomic mass is 16.5. The largest absolute Gasteiger partial charge is 0.488 e. The monoisotopic (exact) mass is 274 g/mol. The summed E-state index contributed by atoms with van der Waals surface area (Å²) in [6, 6.07) is 7.76. The fourth-order valence-corrected chi connectivity index (χ4v) is 2.67. The van der Waals surface area contributed by atoms with Crippen LogP contribution in [0.1, 0.15) is 32.1 Å². The number of carbonyl (C=O) groups excluding carboxylic acids is 1. The van der Waals surface area contributed by atoms with E-state index in [1.54, 1.807) is 0 Å². The van der Waals surface area contributed by atoms with Gasteiger partial charge in [-0.3, -0.25) is 4.79 Å². The van der Waals surface area contributed by atoms with Crippen molar-refractivity contribution in [3.63, 3.8) is 0 Å². The Morgan fingerprint density at radius 3 is 2.60 bits per heavy atom. The van der Waals surface area contributed by atoms with Crippen molar-refractivity contribution in [1.82, 2.24) is 5.32 Å². The number of piperidine rings is 1. The lowest BCUT2D eigenvalue weighted by Crippen LogP contribution is -2.34. The summed E-state index contributed by atoms with van der Waals surface area (Å²) < 4.78 is 6.06. The molecule has 4 nitrogen and oxygen atoms in total. The SMILES string of the molecule is O=C(Nc1ccccc1OC1CCNCC1)C1CCC1. The van der Waals surface area contributed by atoms with Crippen LogP contribution in [0.2, 0.25) is 0 Å². The highest BCUT2D eigenvalue weighted by molar-refractivity contribution is 5.94. The lowest BCUT2D eigenvalue weighted by molar-refractivity contribution is -0.122. The molecule has 1 aromatic carbocycles. The van der Waals surface area contributed by atoms with E-state index >= 15 is 0 Å². The zero-order chi connectivity index (χ0) is 13.8. The van der Waals surface area contributed by atoms with Crippen LogP contribution in [0.25, 0.3) is 0 Å². The summed E-state index contributed by atoms with van der Waals surface area (Å²) in [6.07, 6.45) is 5.49. The standard InChI is InChI=1S/C16H22N2O2/c19-16(12-4-3-5-12)18-14-6-1-2-7-15(14)20-13-8-10-17-11-9-13/h1-2,6-7,12-13,17H,3-5,8-11H2,(H,18,19). The zero-order valence-electron chi connectivity index (χ0n) is 11.7. The normalized spacial score (nSPS) is 20.2. The molecule has 1 aliphatic carbocycles. The van der Waals surface area contributed by atoms with Crippen LogP contribution in [0.4, 0.5) is 5.69 Å². The molecule has 2 N–H and O–H groups in total. The maximum absolute atomic E-state index is 12.1. The van der Waals surface area contributed by atoms with Crippen molar-refractivity contribution in [3.05, 3.63) is 24.3 Å². The van der Waals surface area contributed by atoms with Crippen LogP contribution >= 0.6 is 0 Å². The van der Waals surface area contributed by atoms with E-state index in [1.165, 1.54) is 6.42 Å². The molecule has 0 atom stereocenters. The van der Waals surface area contributed by atoms with Crippen LogP contribution in [0, 0.1) is 5.92 Å². The van der Waals surface area contributed by atoms with Gasteiger partial charge in [-0.15, -0.1) is 0 Å². The van der Waals surface area contributed by atoms with Gasteiger partial charge in [0.1, 0.15) is 11.9 Å². The molecule has 0 radical (unpaired) electrons. The van der Waals surface area contributed by atoms with Crippen molar-refractivity contribution in [2.75, 3.05) is 18.4 Å². The van der Waals surface area contributed by atoms with Crippen LogP contribution in [-0.4, -0.2) is 25.1 Å². The second kappa shape index (κ2) is 6.27. The first kappa shape index (κ1) is 13.4. The van der Waals surface area contributed by atoms with Crippen LogP contribution in [0.15, 0.2) is 24.3 Å². The summed E-state index contributed by atoms with van der Waals surface area (Å²) in [6.45, 7) is 2.00. The second-order valence-electron chi connectivity index (χ2n) is 5.68. The number of anilines is 1. The Hall–Kier alpha value is -1.55. The van der Waals surface area contributed by atoms with E-state index in [0.717, 1.165) is 50.2 Å². The summed E-state index contributed by atoms with van der Waals surface area (Å²) in [4.78, 5) is 12.1. The molecule has 2 fully saturated rings. The molecule has 1 heterocycles. The minimum atomic E-state index is 0.137. The van der Waals surface area contributed by atoms with Crippen molar-refractivity contribution in [2.45, 2.75) is 38.2 Å². The average molecular weight is 274 g/mol. The Kier molecular flexibility index (Phi) is 4.21. The molecule has 0 aromatic heterocycles. The number of amides is 1. The van der Waals surface area contributed by atoms with Crippen LogP contribution in [-0.2, 0) is 4.79 Å². The van der Waals surface area contributed by atoms with Crippen molar-refractivity contribution in [2.24, 2.45) is 5.92 Å². The molecule has 3 rings (SSSR count). The zero-order valence-corrected chi connectivity index (χ0v) is 11.7. The van der Waals surface area contributed by atoms with E-state index < -0.39 is 0 Å². The number of rotatable bonds is 4. The fraction of sp³-hybridized carbons (Fsp3) is 0.562. The van der Waals surface area contributed by atoms with Gasteiger partial charge in [-0.25, -0.2) is 0 Å². The van der Waals surface area contributed by atoms with E-state index in [2.05, 4.69) is 10.6 Å². The van der Waals surface area contributed by atoms with Gasteiger partial charge in [-0.1, -0.05) is 18.6 Å². The molecule has 4 heteroatoms. The Labute approximate surface area is 119 Å². The molecule has 1 saturated heterocycles. The van der Waals surface area contributed by atoms with Gasteiger partial charge in [0.05, 0.1) is 5.69 Å². The van der Waals surface area contributed by atoms with E-state index in [1.807, 2.05) is 24.3 Å². The summed E-state index contributed by atoms with van der Waals surface area (Å²) >= 11 is 0. The van der Waals surface area contributed by atoms with Crippen molar-refractivity contribution in [1.29, 1.82) is 0 Å².